The van der Waals surface area contributed by atoms with Gasteiger partial charge in [0.25, 0.3) is 0 Å². The summed E-state index contributed by atoms with van der Waals surface area (Å²) in [5.41, 5.74) is 0. The molecule has 0 rings (SSSR count). The van der Waals surface area contributed by atoms with Gasteiger partial charge in [-0.25, -0.2) is 0 Å². The molecule has 6 nitrogen and oxygen atoms in total. The van der Waals surface area contributed by atoms with Crippen LogP contribution in [0.5, 0.6) is 0 Å². The summed E-state index contributed by atoms with van der Waals surface area (Å²) < 4.78 is 16.8. The van der Waals surface area contributed by atoms with Gasteiger partial charge in [-0.05, 0) is 116 Å². The molecule has 0 saturated carbocycles. The molecule has 0 spiro atoms. The minimum absolute atomic E-state index is 0.109. The molecular formula is C63H104O6. The summed E-state index contributed by atoms with van der Waals surface area (Å²) in [4.78, 5) is 38.1. The lowest BCUT2D eigenvalue weighted by Gasteiger charge is -2.18. The molecule has 0 N–H and O–H groups in total. The lowest BCUT2D eigenvalue weighted by Crippen LogP contribution is -2.30. The largest absolute Gasteiger partial charge is 0.462 e. The Morgan fingerprint density at radius 3 is 1.01 bits per heavy atom. The number of carbonyl (C=O) groups excluding carboxylic acids is 3. The molecule has 0 aromatic rings. The highest BCUT2D eigenvalue weighted by Gasteiger charge is 2.19. The molecule has 0 fully saturated rings. The number of hydrogen-bond donors (Lipinski definition) is 0. The molecule has 0 radical (unpaired) electrons. The van der Waals surface area contributed by atoms with Gasteiger partial charge < -0.3 is 14.2 Å². The van der Waals surface area contributed by atoms with Gasteiger partial charge in [-0.3, -0.25) is 14.4 Å². The highest BCUT2D eigenvalue weighted by molar-refractivity contribution is 5.71. The molecule has 0 aliphatic carbocycles. The SMILES string of the molecule is CC/C=C/C/C=C/C/C=C/C/C=C/C/C=C/C/C=C/CCC(=O)OC[C@@H](COC(=O)CCCCCCC/C=C/CCCCCC)OC(=O)CCCCCCCCCCC/C=C/C/C=C/CCCCC. The van der Waals surface area contributed by atoms with Gasteiger partial charge in [-0.2, -0.15) is 0 Å². The summed E-state index contributed by atoms with van der Waals surface area (Å²) in [6, 6.07) is 0. The Kier molecular flexibility index (Phi) is 53.4. The van der Waals surface area contributed by atoms with E-state index in [1.165, 1.54) is 109 Å². The normalized spacial score (nSPS) is 12.9. The first-order chi connectivity index (χ1) is 34.0. The van der Waals surface area contributed by atoms with Crippen LogP contribution < -0.4 is 0 Å². The number of unbranched alkanes of at least 4 members (excludes halogenated alkanes) is 21. The third-order valence-corrected chi connectivity index (χ3v) is 11.7. The molecule has 0 aromatic carbocycles. The van der Waals surface area contributed by atoms with Gasteiger partial charge in [0.15, 0.2) is 6.10 Å². The van der Waals surface area contributed by atoms with Crippen molar-refractivity contribution in [1.82, 2.24) is 0 Å². The molecule has 0 amide bonds. The zero-order valence-electron chi connectivity index (χ0n) is 44.8. The van der Waals surface area contributed by atoms with Gasteiger partial charge >= 0.3 is 17.9 Å². The van der Waals surface area contributed by atoms with Crippen molar-refractivity contribution >= 4 is 17.9 Å². The van der Waals surface area contributed by atoms with Crippen LogP contribution in [-0.2, 0) is 28.6 Å². The smallest absolute Gasteiger partial charge is 0.306 e. The monoisotopic (exact) mass is 957 g/mol. The molecule has 6 heteroatoms. The predicted octanol–water partition coefficient (Wildman–Crippen LogP) is 19.1. The van der Waals surface area contributed by atoms with Gasteiger partial charge in [0.05, 0.1) is 0 Å². The Hall–Kier alpha value is -3.93. The summed E-state index contributed by atoms with van der Waals surface area (Å²) in [6.45, 7) is 6.41. The first-order valence-corrected chi connectivity index (χ1v) is 28.4. The maximum Gasteiger partial charge on any atom is 0.306 e. The van der Waals surface area contributed by atoms with E-state index in [9.17, 15) is 14.4 Å². The standard InChI is InChI=1S/C63H104O6/c1-4-7-10-13-16-19-22-25-27-29-31-33-35-38-41-44-47-50-53-56-62(65)68-59-60(58-67-61(64)55-52-49-46-43-40-37-24-21-18-15-12-9-6-3)69-63(66)57-54-51-48-45-42-39-36-34-32-30-28-26-23-20-17-14-11-8-5-2/h7,10,16-17,19-21,24-28,31,33,38,41,47,50,60H,4-6,8-9,11-15,18,22-23,29-30,32,34-37,39-40,42-46,48-49,51-59H2,1-3H3/b10-7+,19-16+,20-17+,24-21+,27-25+,28-26+,33-31+,41-38+,50-47+/t60-/m1/s1. The van der Waals surface area contributed by atoms with E-state index in [4.69, 9.17) is 14.2 Å². The van der Waals surface area contributed by atoms with Gasteiger partial charge in [-0.15, -0.1) is 0 Å². The Bertz CT molecular complexity index is 1420. The molecule has 1 atom stereocenters. The average Bonchev–Trinajstić information content (AvgIpc) is 3.35. The molecule has 0 aliphatic rings. The molecule has 392 valence electrons. The summed E-state index contributed by atoms with van der Waals surface area (Å²) in [7, 11) is 0. The van der Waals surface area contributed by atoms with Crippen molar-refractivity contribution in [2.24, 2.45) is 0 Å². The molecule has 0 unspecified atom stereocenters. The van der Waals surface area contributed by atoms with Crippen LogP contribution in [0, 0.1) is 0 Å². The molecule has 69 heavy (non-hydrogen) atoms. The first-order valence-electron chi connectivity index (χ1n) is 28.4. The molecule has 0 aromatic heterocycles. The Balaban J connectivity index is 4.51. The maximum atomic E-state index is 12.9. The molecular weight excluding hydrogens is 853 g/mol. The topological polar surface area (TPSA) is 78.9 Å². The fourth-order valence-corrected chi connectivity index (χ4v) is 7.49. The van der Waals surface area contributed by atoms with E-state index in [0.717, 1.165) is 96.3 Å². The van der Waals surface area contributed by atoms with Crippen LogP contribution >= 0.6 is 0 Å². The minimum Gasteiger partial charge on any atom is -0.462 e. The molecule has 0 bridgehead atoms. The van der Waals surface area contributed by atoms with Crippen LogP contribution in [0.3, 0.4) is 0 Å². The number of carbonyl (C=O) groups is 3. The summed E-state index contributed by atoms with van der Waals surface area (Å²) in [6.07, 6.45) is 76.6. The number of allylic oxidation sites excluding steroid dienone is 18. The average molecular weight is 958 g/mol. The fraction of sp³-hybridized carbons (Fsp3) is 0.667. The maximum absolute atomic E-state index is 12.9. The van der Waals surface area contributed by atoms with Crippen molar-refractivity contribution in [3.63, 3.8) is 0 Å². The molecule has 0 saturated heterocycles. The Labute approximate surface area is 425 Å². The molecule has 0 heterocycles. The van der Waals surface area contributed by atoms with Crippen molar-refractivity contribution in [1.29, 1.82) is 0 Å². The third kappa shape index (κ3) is 54.9. The van der Waals surface area contributed by atoms with E-state index < -0.39 is 6.10 Å². The van der Waals surface area contributed by atoms with Crippen LogP contribution in [0.2, 0.25) is 0 Å². The minimum atomic E-state index is -0.816. The van der Waals surface area contributed by atoms with Gasteiger partial charge in [0.2, 0.25) is 0 Å². The van der Waals surface area contributed by atoms with Crippen LogP contribution in [0.4, 0.5) is 0 Å². The van der Waals surface area contributed by atoms with Crippen LogP contribution in [-0.4, -0.2) is 37.2 Å². The zero-order valence-corrected chi connectivity index (χ0v) is 44.8. The van der Waals surface area contributed by atoms with Crippen LogP contribution in [0.15, 0.2) is 109 Å². The van der Waals surface area contributed by atoms with E-state index in [0.29, 0.717) is 19.3 Å². The summed E-state index contributed by atoms with van der Waals surface area (Å²) in [5.74, 6) is -1.01. The van der Waals surface area contributed by atoms with Crippen molar-refractivity contribution in [3.8, 4) is 0 Å². The van der Waals surface area contributed by atoms with E-state index in [1.54, 1.807) is 0 Å². The number of ether oxygens (including phenoxy) is 3. The second kappa shape index (κ2) is 56.7. The fourth-order valence-electron chi connectivity index (χ4n) is 7.49. The van der Waals surface area contributed by atoms with Gasteiger partial charge in [0, 0.05) is 19.3 Å². The second-order valence-corrected chi connectivity index (χ2v) is 18.5. The Morgan fingerprint density at radius 2 is 0.594 bits per heavy atom. The quantitative estimate of drug-likeness (QED) is 0.0262. The van der Waals surface area contributed by atoms with E-state index in [2.05, 4.69) is 124 Å². The number of hydrogen-bond acceptors (Lipinski definition) is 6. The van der Waals surface area contributed by atoms with E-state index in [1.807, 2.05) is 6.08 Å². The lowest BCUT2D eigenvalue weighted by molar-refractivity contribution is -0.166. The number of rotatable bonds is 50. The second-order valence-electron chi connectivity index (χ2n) is 18.5. The Morgan fingerprint density at radius 1 is 0.304 bits per heavy atom. The van der Waals surface area contributed by atoms with Crippen LogP contribution in [0.25, 0.3) is 0 Å². The first kappa shape index (κ1) is 65.1. The molecule has 0 aliphatic heterocycles. The van der Waals surface area contributed by atoms with E-state index >= 15 is 0 Å². The summed E-state index contributed by atoms with van der Waals surface area (Å²) in [5, 5.41) is 0. The predicted molar refractivity (Wildman–Crippen MR) is 297 cm³/mol. The summed E-state index contributed by atoms with van der Waals surface area (Å²) >= 11 is 0. The van der Waals surface area contributed by atoms with E-state index in [-0.39, 0.29) is 37.5 Å². The highest BCUT2D eigenvalue weighted by Crippen LogP contribution is 2.14. The van der Waals surface area contributed by atoms with Crippen LogP contribution in [0.1, 0.15) is 252 Å². The zero-order chi connectivity index (χ0) is 50.0. The number of esters is 3. The highest BCUT2D eigenvalue weighted by atomic mass is 16.6. The lowest BCUT2D eigenvalue weighted by atomic mass is 10.1. The van der Waals surface area contributed by atoms with Crippen molar-refractivity contribution in [2.75, 3.05) is 13.2 Å². The third-order valence-electron chi connectivity index (χ3n) is 11.7. The van der Waals surface area contributed by atoms with Crippen molar-refractivity contribution in [2.45, 2.75) is 258 Å². The van der Waals surface area contributed by atoms with Crippen molar-refractivity contribution in [3.05, 3.63) is 109 Å². The van der Waals surface area contributed by atoms with Crippen molar-refractivity contribution < 1.29 is 28.6 Å². The van der Waals surface area contributed by atoms with Gasteiger partial charge in [0.1, 0.15) is 13.2 Å². The van der Waals surface area contributed by atoms with Gasteiger partial charge in [-0.1, -0.05) is 226 Å².